The highest BCUT2D eigenvalue weighted by Gasteiger charge is 2.14. The van der Waals surface area contributed by atoms with E-state index in [0.29, 0.717) is 23.5 Å². The fraction of sp³-hybridized carbons (Fsp3) is 0.174. The van der Waals surface area contributed by atoms with E-state index in [1.54, 1.807) is 29.2 Å². The van der Waals surface area contributed by atoms with E-state index in [2.05, 4.69) is 31.7 Å². The van der Waals surface area contributed by atoms with Crippen LogP contribution in [0.1, 0.15) is 28.5 Å². The first kappa shape index (κ1) is 20.0. The van der Waals surface area contributed by atoms with Gasteiger partial charge >= 0.3 is 0 Å². The molecule has 154 valence electrons. The van der Waals surface area contributed by atoms with Crippen molar-refractivity contribution in [3.05, 3.63) is 77.9 Å². The number of benzene rings is 1. The van der Waals surface area contributed by atoms with E-state index >= 15 is 0 Å². The van der Waals surface area contributed by atoms with Crippen LogP contribution in [0.4, 0.5) is 0 Å². The number of nitrogens with zero attached hydrogens (tertiary/aromatic N) is 5. The first-order valence-electron chi connectivity index (χ1n) is 9.85. The lowest BCUT2D eigenvalue weighted by molar-refractivity contribution is 0.0931. The van der Waals surface area contributed by atoms with Crippen LogP contribution in [0.5, 0.6) is 0 Å². The highest BCUT2D eigenvalue weighted by atomic mass is 16.2. The molecule has 0 unspecified atom stereocenters. The van der Waals surface area contributed by atoms with Crippen LogP contribution < -0.4 is 5.32 Å². The van der Waals surface area contributed by atoms with E-state index in [9.17, 15) is 4.79 Å². The highest BCUT2D eigenvalue weighted by molar-refractivity contribution is 5.93. The smallest absolute Gasteiger partial charge is 0.269 e. The Morgan fingerprint density at radius 2 is 1.97 bits per heavy atom. The maximum Gasteiger partial charge on any atom is 0.269 e. The van der Waals surface area contributed by atoms with Crippen molar-refractivity contribution >= 4 is 5.91 Å². The van der Waals surface area contributed by atoms with Crippen LogP contribution in [0.2, 0.25) is 0 Å². The molecule has 4 rings (SSSR count). The van der Waals surface area contributed by atoms with Gasteiger partial charge in [0.25, 0.3) is 5.91 Å². The summed E-state index contributed by atoms with van der Waals surface area (Å²) < 4.78 is 1.79. The van der Waals surface area contributed by atoms with Gasteiger partial charge in [-0.25, -0.2) is 0 Å². The van der Waals surface area contributed by atoms with E-state index in [1.807, 2.05) is 50.4 Å². The average Bonchev–Trinajstić information content (AvgIpc) is 3.44. The largest absolute Gasteiger partial charge is 0.346 e. The van der Waals surface area contributed by atoms with Crippen LogP contribution in [0, 0.1) is 18.3 Å². The minimum Gasteiger partial charge on any atom is -0.346 e. The molecule has 2 N–H and O–H groups in total. The van der Waals surface area contributed by atoms with Crippen molar-refractivity contribution in [1.29, 1.82) is 5.26 Å². The second-order valence-electron chi connectivity index (χ2n) is 7.34. The number of hydrogen-bond acceptors (Lipinski definition) is 5. The Morgan fingerprint density at radius 3 is 2.71 bits per heavy atom. The highest BCUT2D eigenvalue weighted by Crippen LogP contribution is 2.20. The third-order valence-electron chi connectivity index (χ3n) is 4.92. The fourth-order valence-electron chi connectivity index (χ4n) is 3.30. The van der Waals surface area contributed by atoms with Gasteiger partial charge in [-0.3, -0.25) is 19.6 Å². The molecule has 0 bridgehead atoms. The average molecular weight is 411 g/mol. The van der Waals surface area contributed by atoms with Crippen LogP contribution in [0.25, 0.3) is 22.5 Å². The van der Waals surface area contributed by atoms with Crippen molar-refractivity contribution < 1.29 is 4.79 Å². The lowest BCUT2D eigenvalue weighted by Gasteiger charge is -2.13. The van der Waals surface area contributed by atoms with Crippen molar-refractivity contribution in [2.45, 2.75) is 26.4 Å². The molecule has 0 saturated heterocycles. The van der Waals surface area contributed by atoms with Crippen molar-refractivity contribution in [2.75, 3.05) is 0 Å². The molecular formula is C23H21N7O. The Kier molecular flexibility index (Phi) is 5.58. The Labute approximate surface area is 179 Å². The summed E-state index contributed by atoms with van der Waals surface area (Å²) in [5.74, 6) is -0.226. The summed E-state index contributed by atoms with van der Waals surface area (Å²) in [6.45, 7) is 4.35. The van der Waals surface area contributed by atoms with Crippen LogP contribution >= 0.6 is 0 Å². The third-order valence-corrected chi connectivity index (χ3v) is 4.92. The van der Waals surface area contributed by atoms with E-state index < -0.39 is 0 Å². The number of aromatic nitrogens is 5. The molecule has 0 aliphatic carbocycles. The number of nitrogens with one attached hydrogen (secondary N) is 2. The van der Waals surface area contributed by atoms with Gasteiger partial charge in [0.15, 0.2) is 0 Å². The van der Waals surface area contributed by atoms with Crippen LogP contribution in [-0.4, -0.2) is 36.9 Å². The fourth-order valence-corrected chi connectivity index (χ4v) is 3.30. The molecule has 1 amide bonds. The minimum atomic E-state index is -0.226. The normalized spacial score (nSPS) is 11.6. The Morgan fingerprint density at radius 1 is 1.16 bits per heavy atom. The van der Waals surface area contributed by atoms with Gasteiger partial charge in [0.1, 0.15) is 5.69 Å². The molecule has 0 radical (unpaired) electrons. The molecule has 8 heteroatoms. The Hall–Kier alpha value is -4.25. The Balaban J connectivity index is 1.39. The summed E-state index contributed by atoms with van der Waals surface area (Å²) >= 11 is 0. The SMILES string of the molecule is Cc1cc(-c2ccn(C[C@@H](C)NC(=O)c3cc(-c4ccncc4)n[nH]3)n2)ccc1C#N. The van der Waals surface area contributed by atoms with E-state index in [1.165, 1.54) is 0 Å². The number of nitriles is 1. The molecule has 3 heterocycles. The molecule has 1 atom stereocenters. The van der Waals surface area contributed by atoms with Crippen molar-refractivity contribution in [1.82, 2.24) is 30.3 Å². The molecule has 0 saturated carbocycles. The van der Waals surface area contributed by atoms with Crippen molar-refractivity contribution in [2.24, 2.45) is 0 Å². The molecule has 31 heavy (non-hydrogen) atoms. The third kappa shape index (κ3) is 4.51. The minimum absolute atomic E-state index is 0.143. The van der Waals surface area contributed by atoms with Crippen LogP contribution in [0.3, 0.4) is 0 Å². The zero-order valence-corrected chi connectivity index (χ0v) is 17.2. The van der Waals surface area contributed by atoms with E-state index in [0.717, 1.165) is 22.4 Å². The molecule has 3 aromatic heterocycles. The summed E-state index contributed by atoms with van der Waals surface area (Å²) in [5, 5.41) is 23.6. The lowest BCUT2D eigenvalue weighted by atomic mass is 10.0. The summed E-state index contributed by atoms with van der Waals surface area (Å²) in [6.07, 6.45) is 5.25. The number of aromatic amines is 1. The van der Waals surface area contributed by atoms with Gasteiger partial charge in [-0.15, -0.1) is 0 Å². The number of hydrogen-bond donors (Lipinski definition) is 2. The standard InChI is InChI=1S/C23H21N7O/c1-15-11-18(3-4-19(15)13-24)20-7-10-30(29-20)14-16(2)26-23(31)22-12-21(27-28-22)17-5-8-25-9-6-17/h3-12,16H,14H2,1-2H3,(H,26,31)(H,27,28)/t16-/m1/s1. The molecule has 4 aromatic rings. The number of amides is 1. The van der Waals surface area contributed by atoms with Crippen molar-refractivity contribution in [3.8, 4) is 28.6 Å². The van der Waals surface area contributed by atoms with Gasteiger partial charge in [0.2, 0.25) is 0 Å². The van der Waals surface area contributed by atoms with Gasteiger partial charge in [0.05, 0.1) is 29.6 Å². The molecular weight excluding hydrogens is 390 g/mol. The van der Waals surface area contributed by atoms with Gasteiger partial charge < -0.3 is 5.32 Å². The summed E-state index contributed by atoms with van der Waals surface area (Å²) in [6, 6.07) is 15.0. The zero-order chi connectivity index (χ0) is 21.8. The number of aryl methyl sites for hydroxylation is 1. The summed E-state index contributed by atoms with van der Waals surface area (Å²) in [7, 11) is 0. The monoisotopic (exact) mass is 411 g/mol. The van der Waals surface area contributed by atoms with Crippen LogP contribution in [-0.2, 0) is 6.54 Å². The number of pyridine rings is 1. The lowest BCUT2D eigenvalue weighted by Crippen LogP contribution is -2.36. The van der Waals surface area contributed by atoms with Gasteiger partial charge in [0, 0.05) is 35.8 Å². The molecule has 0 fully saturated rings. The topological polar surface area (TPSA) is 112 Å². The molecule has 0 aliphatic rings. The second kappa shape index (κ2) is 8.63. The van der Waals surface area contributed by atoms with E-state index in [4.69, 9.17) is 5.26 Å². The van der Waals surface area contributed by atoms with Crippen molar-refractivity contribution in [3.63, 3.8) is 0 Å². The second-order valence-corrected chi connectivity index (χ2v) is 7.34. The number of carbonyl (C=O) groups excluding carboxylic acids is 1. The maximum atomic E-state index is 12.6. The predicted molar refractivity (Wildman–Crippen MR) is 116 cm³/mol. The van der Waals surface area contributed by atoms with Gasteiger partial charge in [-0.05, 0) is 55.8 Å². The van der Waals surface area contributed by atoms with Crippen LogP contribution in [0.15, 0.2) is 61.1 Å². The number of carbonyl (C=O) groups is 1. The molecule has 1 aromatic carbocycles. The quantitative estimate of drug-likeness (QED) is 0.505. The number of H-pyrrole nitrogens is 1. The Bertz CT molecular complexity index is 1250. The maximum absolute atomic E-state index is 12.6. The van der Waals surface area contributed by atoms with E-state index in [-0.39, 0.29) is 11.9 Å². The predicted octanol–water partition coefficient (Wildman–Crippen LogP) is 3.33. The molecule has 0 spiro atoms. The first-order valence-corrected chi connectivity index (χ1v) is 9.85. The van der Waals surface area contributed by atoms with Gasteiger partial charge in [-0.2, -0.15) is 15.5 Å². The zero-order valence-electron chi connectivity index (χ0n) is 17.2. The number of rotatable bonds is 6. The molecule has 8 nitrogen and oxygen atoms in total. The first-order chi connectivity index (χ1) is 15.0. The summed E-state index contributed by atoms with van der Waals surface area (Å²) in [4.78, 5) is 16.6. The summed E-state index contributed by atoms with van der Waals surface area (Å²) in [5.41, 5.74) is 5.32. The molecule has 0 aliphatic heterocycles. The van der Waals surface area contributed by atoms with Gasteiger partial charge in [-0.1, -0.05) is 6.07 Å².